The predicted octanol–water partition coefficient (Wildman–Crippen LogP) is 1.16. The first-order valence-electron chi connectivity index (χ1n) is 6.19. The Labute approximate surface area is 123 Å². The number of carboxylic acid groups (broad SMARTS) is 1. The summed E-state index contributed by atoms with van der Waals surface area (Å²) in [6, 6.07) is 3.96. The number of hydrogen-bond acceptors (Lipinski definition) is 4. The number of amides is 1. The number of benzene rings is 1. The van der Waals surface area contributed by atoms with Gasteiger partial charge in [0.1, 0.15) is 5.25 Å². The summed E-state index contributed by atoms with van der Waals surface area (Å²) in [6.45, 7) is 6.26. The van der Waals surface area contributed by atoms with Gasteiger partial charge >= 0.3 is 5.97 Å². The minimum absolute atomic E-state index is 0.102. The van der Waals surface area contributed by atoms with Crippen LogP contribution in [0.2, 0.25) is 0 Å². The van der Waals surface area contributed by atoms with E-state index in [9.17, 15) is 18.0 Å². The van der Waals surface area contributed by atoms with E-state index in [1.54, 1.807) is 0 Å². The van der Waals surface area contributed by atoms with Crippen molar-refractivity contribution < 1.29 is 23.1 Å². The van der Waals surface area contributed by atoms with Crippen LogP contribution in [0.1, 0.15) is 22.8 Å². The second-order valence-electron chi connectivity index (χ2n) is 4.45. The number of hydrogen-bond donors (Lipinski definition) is 2. The van der Waals surface area contributed by atoms with Crippen molar-refractivity contribution >= 4 is 21.7 Å². The van der Waals surface area contributed by atoms with Crippen molar-refractivity contribution in [2.75, 3.05) is 6.54 Å². The zero-order valence-electron chi connectivity index (χ0n) is 11.8. The summed E-state index contributed by atoms with van der Waals surface area (Å²) in [4.78, 5) is 22.7. The van der Waals surface area contributed by atoms with Gasteiger partial charge in [0.15, 0.2) is 9.84 Å². The van der Waals surface area contributed by atoms with Gasteiger partial charge in [0.25, 0.3) is 0 Å². The number of aromatic carboxylic acids is 1. The summed E-state index contributed by atoms with van der Waals surface area (Å²) in [5.74, 6) is -1.87. The zero-order chi connectivity index (χ0) is 16.2. The molecule has 0 aromatic heterocycles. The summed E-state index contributed by atoms with van der Waals surface area (Å²) >= 11 is 0. The van der Waals surface area contributed by atoms with E-state index < -0.39 is 27.0 Å². The van der Waals surface area contributed by atoms with Gasteiger partial charge in [-0.3, -0.25) is 4.79 Å². The Balaban J connectivity index is 3.25. The molecular weight excluding hydrogens is 294 g/mol. The van der Waals surface area contributed by atoms with Crippen molar-refractivity contribution in [3.63, 3.8) is 0 Å². The first kappa shape index (κ1) is 16.9. The number of carbonyl (C=O) groups excluding carboxylic acids is 1. The van der Waals surface area contributed by atoms with Gasteiger partial charge in [-0.1, -0.05) is 12.1 Å². The maximum Gasteiger partial charge on any atom is 0.335 e. The maximum atomic E-state index is 12.5. The first-order chi connectivity index (χ1) is 9.73. The van der Waals surface area contributed by atoms with Crippen molar-refractivity contribution in [1.82, 2.24) is 5.32 Å². The third-order valence-corrected chi connectivity index (χ3v) is 5.28. The standard InChI is InChI=1S/C14H17NO5S/c1-4-8-15-13(16)10(3)21(19,20)12-7-5-6-11(9(12)2)14(17)18/h4-7,10H,1,8H2,2-3H3,(H,15,16)(H,17,18). The summed E-state index contributed by atoms with van der Waals surface area (Å²) in [5, 5.41) is 10.1. The molecule has 0 bridgehead atoms. The molecule has 1 aromatic rings. The summed E-state index contributed by atoms with van der Waals surface area (Å²) < 4.78 is 24.9. The number of sulfone groups is 1. The Morgan fingerprint density at radius 2 is 2.05 bits per heavy atom. The van der Waals surface area contributed by atoms with E-state index in [0.717, 1.165) is 0 Å². The van der Waals surface area contributed by atoms with E-state index in [1.165, 1.54) is 38.1 Å². The van der Waals surface area contributed by atoms with Crippen LogP contribution >= 0.6 is 0 Å². The highest BCUT2D eigenvalue weighted by Crippen LogP contribution is 2.23. The van der Waals surface area contributed by atoms with Gasteiger partial charge in [0.05, 0.1) is 10.5 Å². The van der Waals surface area contributed by atoms with Crippen LogP contribution in [0.15, 0.2) is 35.7 Å². The van der Waals surface area contributed by atoms with Crippen LogP contribution in [0.3, 0.4) is 0 Å². The number of carbonyl (C=O) groups is 2. The first-order valence-corrected chi connectivity index (χ1v) is 7.73. The molecule has 1 atom stereocenters. The average molecular weight is 311 g/mol. The summed E-state index contributed by atoms with van der Waals surface area (Å²) in [5.41, 5.74) is 0.0168. The molecule has 2 N–H and O–H groups in total. The lowest BCUT2D eigenvalue weighted by Crippen LogP contribution is -2.38. The van der Waals surface area contributed by atoms with Crippen LogP contribution in [0, 0.1) is 6.92 Å². The normalized spacial score (nSPS) is 12.5. The quantitative estimate of drug-likeness (QED) is 0.768. The molecule has 0 aliphatic heterocycles. The third kappa shape index (κ3) is 3.49. The van der Waals surface area contributed by atoms with Crippen molar-refractivity contribution in [3.8, 4) is 0 Å². The van der Waals surface area contributed by atoms with Crippen molar-refractivity contribution in [2.24, 2.45) is 0 Å². The van der Waals surface area contributed by atoms with Crippen molar-refractivity contribution in [1.29, 1.82) is 0 Å². The topological polar surface area (TPSA) is 101 Å². The van der Waals surface area contributed by atoms with E-state index in [1.807, 2.05) is 0 Å². The fourth-order valence-corrected chi connectivity index (χ4v) is 3.35. The molecule has 0 heterocycles. The molecule has 0 aliphatic rings. The fourth-order valence-electron chi connectivity index (χ4n) is 1.80. The van der Waals surface area contributed by atoms with Gasteiger partial charge in [-0.15, -0.1) is 6.58 Å². The highest BCUT2D eigenvalue weighted by Gasteiger charge is 2.31. The molecule has 0 saturated carbocycles. The van der Waals surface area contributed by atoms with Crippen LogP contribution in [0.4, 0.5) is 0 Å². The van der Waals surface area contributed by atoms with Crippen LogP contribution in [0.5, 0.6) is 0 Å². The Bertz CT molecular complexity index is 679. The van der Waals surface area contributed by atoms with E-state index in [0.29, 0.717) is 0 Å². The lowest BCUT2D eigenvalue weighted by atomic mass is 10.1. The number of nitrogens with one attached hydrogen (secondary N) is 1. The molecule has 6 nitrogen and oxygen atoms in total. The minimum atomic E-state index is -3.96. The second kappa shape index (κ2) is 6.53. The molecule has 1 unspecified atom stereocenters. The third-order valence-electron chi connectivity index (χ3n) is 3.08. The second-order valence-corrected chi connectivity index (χ2v) is 6.69. The van der Waals surface area contributed by atoms with E-state index in [2.05, 4.69) is 11.9 Å². The molecule has 1 aromatic carbocycles. The molecule has 21 heavy (non-hydrogen) atoms. The molecule has 0 fully saturated rings. The van der Waals surface area contributed by atoms with Crippen molar-refractivity contribution in [2.45, 2.75) is 24.0 Å². The molecule has 1 rings (SSSR count). The Kier molecular flexibility index (Phi) is 5.26. The molecule has 0 spiro atoms. The number of carboxylic acids is 1. The highest BCUT2D eigenvalue weighted by molar-refractivity contribution is 7.92. The van der Waals surface area contributed by atoms with Crippen LogP contribution in [0.25, 0.3) is 0 Å². The van der Waals surface area contributed by atoms with Gasteiger partial charge in [0.2, 0.25) is 5.91 Å². The van der Waals surface area contributed by atoms with Gasteiger partial charge in [-0.2, -0.15) is 0 Å². The maximum absolute atomic E-state index is 12.5. The SMILES string of the molecule is C=CCNC(=O)C(C)S(=O)(=O)c1cccc(C(=O)O)c1C. The molecular formula is C14H17NO5S. The van der Waals surface area contributed by atoms with Gasteiger partial charge in [-0.05, 0) is 31.5 Å². The monoisotopic (exact) mass is 311 g/mol. The molecule has 0 saturated heterocycles. The zero-order valence-corrected chi connectivity index (χ0v) is 12.6. The molecule has 7 heteroatoms. The highest BCUT2D eigenvalue weighted by atomic mass is 32.2. The molecule has 0 aliphatic carbocycles. The summed E-state index contributed by atoms with van der Waals surface area (Å²) in [7, 11) is -3.96. The number of rotatable bonds is 6. The smallest absolute Gasteiger partial charge is 0.335 e. The van der Waals surface area contributed by atoms with Crippen LogP contribution in [-0.4, -0.2) is 37.2 Å². The Morgan fingerprint density at radius 3 is 2.57 bits per heavy atom. The Hall–Kier alpha value is -2.15. The van der Waals surface area contributed by atoms with E-state index in [-0.39, 0.29) is 22.6 Å². The molecule has 0 radical (unpaired) electrons. The summed E-state index contributed by atoms with van der Waals surface area (Å²) in [6.07, 6.45) is 1.44. The van der Waals surface area contributed by atoms with Crippen molar-refractivity contribution in [3.05, 3.63) is 42.0 Å². The van der Waals surface area contributed by atoms with Gasteiger partial charge in [0, 0.05) is 6.54 Å². The van der Waals surface area contributed by atoms with Crippen LogP contribution in [-0.2, 0) is 14.6 Å². The fraction of sp³-hybridized carbons (Fsp3) is 0.286. The van der Waals surface area contributed by atoms with Crippen LogP contribution < -0.4 is 5.32 Å². The van der Waals surface area contributed by atoms with E-state index >= 15 is 0 Å². The lowest BCUT2D eigenvalue weighted by molar-refractivity contribution is -0.120. The van der Waals surface area contributed by atoms with E-state index in [4.69, 9.17) is 5.11 Å². The van der Waals surface area contributed by atoms with Gasteiger partial charge in [-0.25, -0.2) is 13.2 Å². The minimum Gasteiger partial charge on any atom is -0.478 e. The largest absolute Gasteiger partial charge is 0.478 e. The van der Waals surface area contributed by atoms with Gasteiger partial charge < -0.3 is 10.4 Å². The molecule has 1 amide bonds. The molecule has 114 valence electrons. The predicted molar refractivity (Wildman–Crippen MR) is 78.0 cm³/mol. The average Bonchev–Trinajstić information content (AvgIpc) is 2.43. The lowest BCUT2D eigenvalue weighted by Gasteiger charge is -2.15. The Morgan fingerprint density at radius 1 is 1.43 bits per heavy atom.